The Morgan fingerprint density at radius 1 is 0.980 bits per heavy atom. The number of fused-ring (bicyclic) bond motifs is 2. The highest BCUT2D eigenvalue weighted by Crippen LogP contribution is 2.39. The second-order valence-corrected chi connectivity index (χ2v) is 14.9. The molecular weight excluding hydrogens is 687 g/mol. The molecule has 2 aliphatic rings. The first-order chi connectivity index (χ1) is 24.6. The fourth-order valence-electron chi connectivity index (χ4n) is 6.79. The highest BCUT2D eigenvalue weighted by atomic mass is 35.5. The Morgan fingerprint density at radius 2 is 1.73 bits per heavy atom. The number of aromatic nitrogens is 5. The number of piperidine rings is 1. The summed E-state index contributed by atoms with van der Waals surface area (Å²) in [6.07, 6.45) is 6.84. The van der Waals surface area contributed by atoms with Crippen LogP contribution in [0.1, 0.15) is 94.3 Å². The number of aliphatic hydroxyl groups excluding tert-OH is 1. The fourth-order valence-corrected chi connectivity index (χ4v) is 6.79. The maximum Gasteiger partial charge on any atom is 0.320 e. The molecule has 13 heteroatoms. The van der Waals surface area contributed by atoms with E-state index in [1.807, 2.05) is 65.2 Å². The number of nitrogens with one attached hydrogen (secondary N) is 2. The summed E-state index contributed by atoms with van der Waals surface area (Å²) in [5.74, 6) is 2.19. The topological polar surface area (TPSA) is 122 Å². The summed E-state index contributed by atoms with van der Waals surface area (Å²) in [7, 11) is 0. The molecule has 3 N–H and O–H groups in total. The van der Waals surface area contributed by atoms with Crippen molar-refractivity contribution in [1.82, 2.24) is 29.7 Å². The number of amides is 2. The Labute approximate surface area is 308 Å². The van der Waals surface area contributed by atoms with Crippen LogP contribution in [0.5, 0.6) is 5.75 Å². The van der Waals surface area contributed by atoms with Gasteiger partial charge in [0, 0.05) is 24.1 Å². The monoisotopic (exact) mass is 732 g/mol. The molecule has 51 heavy (non-hydrogen) atoms. The number of alkyl halides is 2. The van der Waals surface area contributed by atoms with Crippen LogP contribution >= 0.6 is 23.2 Å². The molecular formula is C38H46Cl2N8O3. The van der Waals surface area contributed by atoms with E-state index >= 15 is 0 Å². The lowest BCUT2D eigenvalue weighted by Gasteiger charge is -2.33. The number of carbonyl (C=O) groups is 1. The Bertz CT molecular complexity index is 1940. The van der Waals surface area contributed by atoms with Gasteiger partial charge >= 0.3 is 6.03 Å². The lowest BCUT2D eigenvalue weighted by molar-refractivity contribution is 0.171. The molecule has 1 aliphatic carbocycles. The van der Waals surface area contributed by atoms with Gasteiger partial charge in [0.25, 0.3) is 0 Å². The molecule has 1 fully saturated rings. The molecule has 1 aliphatic heterocycles. The number of hydrogen-bond acceptors (Lipinski definition) is 7. The van der Waals surface area contributed by atoms with Gasteiger partial charge in [-0.15, -0.1) is 33.4 Å². The van der Waals surface area contributed by atoms with Crippen molar-refractivity contribution in [2.45, 2.75) is 90.0 Å². The van der Waals surface area contributed by atoms with Crippen LogP contribution in [0.2, 0.25) is 0 Å². The van der Waals surface area contributed by atoms with Crippen LogP contribution in [0.3, 0.4) is 0 Å². The number of hydrogen-bond donors (Lipinski definition) is 3. The third-order valence-electron chi connectivity index (χ3n) is 9.52. The molecule has 4 heterocycles. The number of halogens is 2. The molecule has 3 aromatic heterocycles. The van der Waals surface area contributed by atoms with E-state index in [0.717, 1.165) is 77.6 Å². The molecule has 5 aromatic rings. The minimum absolute atomic E-state index is 0.0365. The van der Waals surface area contributed by atoms with Gasteiger partial charge in [0.05, 0.1) is 35.6 Å². The first-order valence-electron chi connectivity index (χ1n) is 17.5. The number of nitrogens with zero attached hydrogens (tertiary/aromatic N) is 6. The van der Waals surface area contributed by atoms with Crippen LogP contribution in [0.4, 0.5) is 16.6 Å². The van der Waals surface area contributed by atoms with Crippen LogP contribution < -0.4 is 20.3 Å². The van der Waals surface area contributed by atoms with E-state index in [1.165, 1.54) is 6.42 Å². The van der Waals surface area contributed by atoms with E-state index in [2.05, 4.69) is 65.6 Å². The number of benzene rings is 2. The van der Waals surface area contributed by atoms with Crippen molar-refractivity contribution in [3.05, 3.63) is 95.3 Å². The Kier molecular flexibility index (Phi) is 11.4. The van der Waals surface area contributed by atoms with E-state index in [4.69, 9.17) is 33.0 Å². The second-order valence-electron chi connectivity index (χ2n) is 14.1. The predicted octanol–water partition coefficient (Wildman–Crippen LogP) is 8.28. The standard InChI is InChI=1S/C37H44N8O3.CH2Cl2/c1-24-9-7-8-20-43(24)36-41-40-33-19-16-27(22-44(33)36)48-31-18-17-30(28-10-5-6-11-29(28)31)38-35(47)39-34-21-32(37(2,3)4)42-45(34)26-14-12-25(23-46)13-15-26;2-1-3/h5-6,10-16,19,21-22,24,30-31,46H,7-9,17-18,20,23H2,1-4H3,(H2,38,39,47);1H2/t24-,30-,31+;/m0./s1. The van der Waals surface area contributed by atoms with Gasteiger partial charge < -0.3 is 20.1 Å². The van der Waals surface area contributed by atoms with Crippen molar-refractivity contribution in [3.8, 4) is 11.4 Å². The molecule has 11 nitrogen and oxygen atoms in total. The van der Waals surface area contributed by atoms with Gasteiger partial charge in [-0.2, -0.15) is 5.10 Å². The predicted molar refractivity (Wildman–Crippen MR) is 202 cm³/mol. The number of carbonyl (C=O) groups excluding carboxylic acids is 1. The summed E-state index contributed by atoms with van der Waals surface area (Å²) in [6.45, 7) is 9.46. The summed E-state index contributed by atoms with van der Waals surface area (Å²) in [5, 5.41) is 29.7. The molecule has 7 rings (SSSR count). The van der Waals surface area contributed by atoms with Crippen LogP contribution in [-0.4, -0.2) is 53.4 Å². The molecule has 0 spiro atoms. The van der Waals surface area contributed by atoms with E-state index in [1.54, 1.807) is 4.68 Å². The van der Waals surface area contributed by atoms with Gasteiger partial charge in [0.2, 0.25) is 5.95 Å². The van der Waals surface area contributed by atoms with Crippen LogP contribution in [0.15, 0.2) is 72.9 Å². The van der Waals surface area contributed by atoms with Gasteiger partial charge in [-0.05, 0) is 80.0 Å². The average molecular weight is 734 g/mol. The zero-order valence-corrected chi connectivity index (χ0v) is 31.0. The first kappa shape index (κ1) is 36.5. The van der Waals surface area contributed by atoms with Crippen molar-refractivity contribution in [3.63, 3.8) is 0 Å². The van der Waals surface area contributed by atoms with Gasteiger partial charge in [0.1, 0.15) is 17.7 Å². The van der Waals surface area contributed by atoms with E-state index in [0.29, 0.717) is 11.9 Å². The molecule has 3 atom stereocenters. The minimum atomic E-state index is -0.305. The maximum absolute atomic E-state index is 13.5. The average Bonchev–Trinajstić information content (AvgIpc) is 3.74. The zero-order chi connectivity index (χ0) is 36.1. The summed E-state index contributed by atoms with van der Waals surface area (Å²) in [6, 6.07) is 21.4. The first-order valence-corrected chi connectivity index (χ1v) is 18.5. The number of pyridine rings is 1. The van der Waals surface area contributed by atoms with Crippen molar-refractivity contribution >= 4 is 46.6 Å². The molecule has 1 saturated heterocycles. The van der Waals surface area contributed by atoms with Gasteiger partial charge in [-0.3, -0.25) is 9.72 Å². The van der Waals surface area contributed by atoms with E-state index < -0.39 is 0 Å². The molecule has 2 aromatic carbocycles. The van der Waals surface area contributed by atoms with Crippen molar-refractivity contribution in [2.24, 2.45) is 0 Å². The highest BCUT2D eigenvalue weighted by Gasteiger charge is 2.30. The van der Waals surface area contributed by atoms with Gasteiger partial charge in [0.15, 0.2) is 5.65 Å². The quantitative estimate of drug-likeness (QED) is 0.144. The van der Waals surface area contributed by atoms with Crippen LogP contribution in [-0.2, 0) is 12.0 Å². The van der Waals surface area contributed by atoms with Crippen molar-refractivity contribution in [1.29, 1.82) is 0 Å². The van der Waals surface area contributed by atoms with E-state index in [9.17, 15) is 9.90 Å². The highest BCUT2D eigenvalue weighted by molar-refractivity contribution is 6.40. The Hall–Kier alpha value is -4.32. The number of rotatable bonds is 7. The third kappa shape index (κ3) is 8.27. The molecule has 2 amide bonds. The molecule has 0 saturated carbocycles. The maximum atomic E-state index is 13.5. The Balaban J connectivity index is 0.00000144. The smallest absolute Gasteiger partial charge is 0.320 e. The molecule has 270 valence electrons. The fraction of sp³-hybridized carbons (Fsp3) is 0.421. The number of urea groups is 1. The third-order valence-corrected chi connectivity index (χ3v) is 9.52. The molecule has 0 bridgehead atoms. The zero-order valence-electron chi connectivity index (χ0n) is 29.5. The summed E-state index contributed by atoms with van der Waals surface area (Å²) in [4.78, 5) is 15.9. The summed E-state index contributed by atoms with van der Waals surface area (Å²) >= 11 is 9.53. The molecule has 0 unspecified atom stereocenters. The lowest BCUT2D eigenvalue weighted by Crippen LogP contribution is -2.38. The second kappa shape index (κ2) is 15.9. The van der Waals surface area contributed by atoms with Crippen LogP contribution in [0, 0.1) is 0 Å². The number of anilines is 2. The van der Waals surface area contributed by atoms with E-state index in [-0.39, 0.29) is 35.5 Å². The number of ether oxygens (including phenoxy) is 1. The minimum Gasteiger partial charge on any atom is -0.484 e. The number of aliphatic hydroxyl groups is 1. The largest absolute Gasteiger partial charge is 0.484 e. The summed E-state index contributed by atoms with van der Waals surface area (Å²) < 4.78 is 10.4. The van der Waals surface area contributed by atoms with Crippen molar-refractivity contribution < 1.29 is 14.6 Å². The van der Waals surface area contributed by atoms with Gasteiger partial charge in [-0.25, -0.2) is 9.48 Å². The Morgan fingerprint density at radius 3 is 2.43 bits per heavy atom. The van der Waals surface area contributed by atoms with Crippen LogP contribution in [0.25, 0.3) is 11.3 Å². The lowest BCUT2D eigenvalue weighted by atomic mass is 9.85. The van der Waals surface area contributed by atoms with Crippen molar-refractivity contribution in [2.75, 3.05) is 22.1 Å². The molecule has 0 radical (unpaired) electrons. The normalized spacial score (nSPS) is 18.8. The van der Waals surface area contributed by atoms with Gasteiger partial charge in [-0.1, -0.05) is 57.2 Å². The SMILES string of the molecule is C[C@H]1CCCCN1c1nnc2ccc(O[C@@H]3CC[C@H](NC(=O)Nc4cc(C(C)(C)C)nn4-c4ccc(CO)cc4)c4ccccc43)cn12.ClCCl. The summed E-state index contributed by atoms with van der Waals surface area (Å²) in [5.41, 5.74) is 5.15.